The molecule has 0 aliphatic rings. The van der Waals surface area contributed by atoms with Crippen LogP contribution >= 0.6 is 0 Å². The highest BCUT2D eigenvalue weighted by Crippen LogP contribution is 2.12. The third-order valence-corrected chi connectivity index (χ3v) is 3.33. The van der Waals surface area contributed by atoms with Crippen molar-refractivity contribution in [1.82, 2.24) is 10.6 Å². The topological polar surface area (TPSA) is 105 Å². The molecule has 0 saturated heterocycles. The Hall–Kier alpha value is -2.57. The lowest BCUT2D eigenvalue weighted by Gasteiger charge is -2.22. The smallest absolute Gasteiger partial charge is 0.405 e. The van der Waals surface area contributed by atoms with Gasteiger partial charge in [-0.2, -0.15) is 0 Å². The van der Waals surface area contributed by atoms with Crippen LogP contribution in [0.1, 0.15) is 19.4 Å². The summed E-state index contributed by atoms with van der Waals surface area (Å²) in [4.78, 5) is 34.1. The number of carbonyl (C=O) groups is 3. The van der Waals surface area contributed by atoms with E-state index in [2.05, 4.69) is 10.6 Å². The molecule has 0 fully saturated rings. The van der Waals surface area contributed by atoms with E-state index in [0.29, 0.717) is 18.5 Å². The van der Waals surface area contributed by atoms with Crippen LogP contribution < -0.4 is 15.4 Å². The van der Waals surface area contributed by atoms with Gasteiger partial charge < -0.3 is 25.3 Å². The molecular formula is C16H22N2O5. The van der Waals surface area contributed by atoms with Gasteiger partial charge in [0.15, 0.2) is 0 Å². The zero-order valence-electron chi connectivity index (χ0n) is 13.4. The van der Waals surface area contributed by atoms with Crippen molar-refractivity contribution in [2.24, 2.45) is 5.92 Å². The maximum atomic E-state index is 12.2. The van der Waals surface area contributed by atoms with Crippen LogP contribution in [-0.2, 0) is 16.0 Å². The minimum Gasteiger partial charge on any atom is -0.497 e. The van der Waals surface area contributed by atoms with E-state index in [1.165, 1.54) is 0 Å². The molecule has 1 aromatic rings. The largest absolute Gasteiger partial charge is 0.497 e. The highest BCUT2D eigenvalue weighted by atomic mass is 16.5. The van der Waals surface area contributed by atoms with E-state index < -0.39 is 24.1 Å². The summed E-state index contributed by atoms with van der Waals surface area (Å²) < 4.78 is 5.06. The van der Waals surface area contributed by atoms with Crippen molar-refractivity contribution < 1.29 is 24.2 Å². The van der Waals surface area contributed by atoms with Gasteiger partial charge in [-0.3, -0.25) is 4.79 Å². The molecule has 7 nitrogen and oxygen atoms in total. The Morgan fingerprint density at radius 1 is 1.22 bits per heavy atom. The molecule has 3 N–H and O–H groups in total. The summed E-state index contributed by atoms with van der Waals surface area (Å²) in [5.74, 6) is -0.0571. The molecule has 2 amide bonds. The summed E-state index contributed by atoms with van der Waals surface area (Å²) in [6.45, 7) is 3.44. The van der Waals surface area contributed by atoms with E-state index in [1.54, 1.807) is 45.2 Å². The molecule has 0 spiro atoms. The minimum absolute atomic E-state index is 0.237. The Morgan fingerprint density at radius 2 is 1.83 bits per heavy atom. The number of carboxylic acid groups (broad SMARTS) is 1. The highest BCUT2D eigenvalue weighted by molar-refractivity contribution is 5.87. The van der Waals surface area contributed by atoms with E-state index in [-0.39, 0.29) is 5.92 Å². The predicted octanol–water partition coefficient (Wildman–Crippen LogP) is 1.21. The van der Waals surface area contributed by atoms with Gasteiger partial charge in [0, 0.05) is 0 Å². The lowest BCUT2D eigenvalue weighted by atomic mass is 10.0. The average Bonchev–Trinajstić information content (AvgIpc) is 2.52. The normalized spacial score (nSPS) is 13.0. The second-order valence-corrected chi connectivity index (χ2v) is 5.47. The van der Waals surface area contributed by atoms with Crippen molar-refractivity contribution >= 4 is 18.3 Å². The number of nitrogens with one attached hydrogen (secondary N) is 2. The Morgan fingerprint density at radius 3 is 2.26 bits per heavy atom. The second kappa shape index (κ2) is 8.77. The number of hydrogen-bond acceptors (Lipinski definition) is 4. The molecular weight excluding hydrogens is 300 g/mol. The predicted molar refractivity (Wildman–Crippen MR) is 84.5 cm³/mol. The maximum absolute atomic E-state index is 12.2. The van der Waals surface area contributed by atoms with Crippen molar-refractivity contribution in [1.29, 1.82) is 0 Å². The number of aldehydes is 1. The van der Waals surface area contributed by atoms with Gasteiger partial charge in [0.2, 0.25) is 5.91 Å². The highest BCUT2D eigenvalue weighted by Gasteiger charge is 2.25. The molecule has 23 heavy (non-hydrogen) atoms. The number of hydrogen-bond donors (Lipinski definition) is 3. The summed E-state index contributed by atoms with van der Waals surface area (Å²) in [6.07, 6.45) is -0.325. The van der Waals surface area contributed by atoms with Gasteiger partial charge in [0.25, 0.3) is 0 Å². The first kappa shape index (κ1) is 18.5. The summed E-state index contributed by atoms with van der Waals surface area (Å²) in [5, 5.41) is 13.5. The van der Waals surface area contributed by atoms with Crippen molar-refractivity contribution in [3.8, 4) is 5.75 Å². The van der Waals surface area contributed by atoms with Gasteiger partial charge in [-0.15, -0.1) is 0 Å². The van der Waals surface area contributed by atoms with Crippen LogP contribution in [0.5, 0.6) is 5.75 Å². The number of benzene rings is 1. The maximum Gasteiger partial charge on any atom is 0.405 e. The lowest BCUT2D eigenvalue weighted by molar-refractivity contribution is -0.126. The SMILES string of the molecule is COc1ccc(CC(C=O)NC(=O)[C@@H](NC(=O)O)C(C)C)cc1. The van der Waals surface area contributed by atoms with Crippen LogP contribution in [0.4, 0.5) is 4.79 Å². The molecule has 2 atom stereocenters. The molecule has 0 heterocycles. The van der Waals surface area contributed by atoms with Crippen LogP contribution in [0.3, 0.4) is 0 Å². The number of amides is 2. The van der Waals surface area contributed by atoms with E-state index >= 15 is 0 Å². The van der Waals surface area contributed by atoms with E-state index in [4.69, 9.17) is 9.84 Å². The fourth-order valence-corrected chi connectivity index (χ4v) is 2.09. The van der Waals surface area contributed by atoms with Crippen molar-refractivity contribution in [2.45, 2.75) is 32.4 Å². The Bertz CT molecular complexity index is 542. The van der Waals surface area contributed by atoms with E-state index in [1.807, 2.05) is 0 Å². The second-order valence-electron chi connectivity index (χ2n) is 5.47. The molecule has 1 unspecified atom stereocenters. The van der Waals surface area contributed by atoms with Crippen LogP contribution in [0, 0.1) is 5.92 Å². The van der Waals surface area contributed by atoms with Crippen LogP contribution in [0.15, 0.2) is 24.3 Å². The van der Waals surface area contributed by atoms with Crippen LogP contribution in [0.25, 0.3) is 0 Å². The molecule has 0 radical (unpaired) electrons. The van der Waals surface area contributed by atoms with Crippen LogP contribution in [-0.4, -0.2) is 42.6 Å². The van der Waals surface area contributed by atoms with Crippen LogP contribution in [0.2, 0.25) is 0 Å². The fraction of sp³-hybridized carbons (Fsp3) is 0.438. The standard InChI is InChI=1S/C16H22N2O5/c1-10(2)14(18-16(21)22)15(20)17-12(9-19)8-11-4-6-13(23-3)7-5-11/h4-7,9-10,12,14,18H,8H2,1-3H3,(H,17,20)(H,21,22)/t12?,14-/m0/s1. The van der Waals surface area contributed by atoms with E-state index in [0.717, 1.165) is 5.56 Å². The van der Waals surface area contributed by atoms with Gasteiger partial charge in [-0.25, -0.2) is 4.79 Å². The first-order valence-corrected chi connectivity index (χ1v) is 7.25. The van der Waals surface area contributed by atoms with Gasteiger partial charge in [-0.05, 0) is 30.0 Å². The zero-order chi connectivity index (χ0) is 17.4. The molecule has 0 aliphatic heterocycles. The molecule has 0 aromatic heterocycles. The van der Waals surface area contributed by atoms with Gasteiger partial charge >= 0.3 is 6.09 Å². The summed E-state index contributed by atoms with van der Waals surface area (Å²) in [6, 6.07) is 5.50. The fourth-order valence-electron chi connectivity index (χ4n) is 2.09. The Balaban J connectivity index is 2.71. The van der Waals surface area contributed by atoms with Crippen molar-refractivity contribution in [3.63, 3.8) is 0 Å². The third-order valence-electron chi connectivity index (χ3n) is 3.33. The summed E-state index contributed by atoms with van der Waals surface area (Å²) in [7, 11) is 1.56. The Labute approximate surface area is 135 Å². The Kier molecular flexibility index (Phi) is 7.05. The molecule has 0 bridgehead atoms. The number of carbonyl (C=O) groups excluding carboxylic acids is 2. The zero-order valence-corrected chi connectivity index (χ0v) is 13.4. The molecule has 0 saturated carbocycles. The molecule has 0 aliphatic carbocycles. The minimum atomic E-state index is -1.28. The quantitative estimate of drug-likeness (QED) is 0.624. The monoisotopic (exact) mass is 322 g/mol. The number of methoxy groups -OCH3 is 1. The molecule has 7 heteroatoms. The van der Waals surface area contributed by atoms with E-state index in [9.17, 15) is 14.4 Å². The first-order valence-electron chi connectivity index (χ1n) is 7.25. The van der Waals surface area contributed by atoms with Gasteiger partial charge in [0.1, 0.15) is 18.1 Å². The third kappa shape index (κ3) is 5.98. The molecule has 1 aromatic carbocycles. The average molecular weight is 322 g/mol. The molecule has 126 valence electrons. The van der Waals surface area contributed by atoms with Gasteiger partial charge in [-0.1, -0.05) is 26.0 Å². The summed E-state index contributed by atoms with van der Waals surface area (Å²) >= 11 is 0. The van der Waals surface area contributed by atoms with Crippen molar-refractivity contribution in [2.75, 3.05) is 7.11 Å². The molecule has 1 rings (SSSR count). The van der Waals surface area contributed by atoms with Gasteiger partial charge in [0.05, 0.1) is 13.2 Å². The summed E-state index contributed by atoms with van der Waals surface area (Å²) in [5.41, 5.74) is 0.857. The lowest BCUT2D eigenvalue weighted by Crippen LogP contribution is -2.52. The number of ether oxygens (including phenoxy) is 1. The van der Waals surface area contributed by atoms with Crippen molar-refractivity contribution in [3.05, 3.63) is 29.8 Å². The first-order chi connectivity index (χ1) is 10.9. The number of rotatable bonds is 8.